The normalized spacial score (nSPS) is 17.9. The lowest BCUT2D eigenvalue weighted by atomic mass is 10.0. The molecule has 4 heteroatoms. The summed E-state index contributed by atoms with van der Waals surface area (Å²) in [5.74, 6) is 1.81. The van der Waals surface area contributed by atoms with E-state index in [1.54, 1.807) is 0 Å². The van der Waals surface area contributed by atoms with Crippen LogP contribution in [0.5, 0.6) is 5.75 Å². The van der Waals surface area contributed by atoms with Crippen LogP contribution in [0.25, 0.3) is 11.0 Å². The molecule has 0 saturated heterocycles. The average Bonchev–Trinajstić information content (AvgIpc) is 3.15. The van der Waals surface area contributed by atoms with Crippen molar-refractivity contribution in [3.8, 4) is 5.75 Å². The molecule has 1 atom stereocenters. The van der Waals surface area contributed by atoms with Crippen LogP contribution in [0, 0.1) is 5.41 Å². The van der Waals surface area contributed by atoms with Crippen LogP contribution in [-0.4, -0.2) is 16.2 Å². The van der Waals surface area contributed by atoms with Crippen LogP contribution in [-0.2, 0) is 6.54 Å². The Morgan fingerprint density at radius 2 is 2.14 bits per heavy atom. The molecule has 0 bridgehead atoms. The molecule has 114 valence electrons. The molecule has 21 heavy (non-hydrogen) atoms. The zero-order valence-corrected chi connectivity index (χ0v) is 13.8. The van der Waals surface area contributed by atoms with Gasteiger partial charge in [-0.3, -0.25) is 0 Å². The second kappa shape index (κ2) is 5.53. The fourth-order valence-electron chi connectivity index (χ4n) is 3.02. The van der Waals surface area contributed by atoms with Crippen molar-refractivity contribution < 1.29 is 4.74 Å². The van der Waals surface area contributed by atoms with Gasteiger partial charge in [0.2, 0.25) is 0 Å². The number of rotatable bonds is 6. The molecule has 0 spiro atoms. The number of nitrogens with zero attached hydrogens (tertiary/aromatic N) is 2. The van der Waals surface area contributed by atoms with Crippen molar-refractivity contribution in [2.24, 2.45) is 5.41 Å². The number of para-hydroxylation sites is 1. The molecular formula is C17H23ClN2O. The lowest BCUT2D eigenvalue weighted by Crippen LogP contribution is -2.13. The Bertz CT molecular complexity index is 644. The molecule has 1 aromatic heterocycles. The monoisotopic (exact) mass is 306 g/mol. The molecule has 2 aromatic rings. The Labute approximate surface area is 131 Å². The Hall–Kier alpha value is -1.22. The summed E-state index contributed by atoms with van der Waals surface area (Å²) in [7, 11) is 0. The number of alkyl halides is 1. The number of imidazole rings is 1. The molecule has 0 radical (unpaired) electrons. The minimum Gasteiger partial charge on any atom is -0.492 e. The van der Waals surface area contributed by atoms with Gasteiger partial charge in [0.05, 0.1) is 17.5 Å². The summed E-state index contributed by atoms with van der Waals surface area (Å²) >= 11 is 6.38. The van der Waals surface area contributed by atoms with Crippen molar-refractivity contribution in [1.82, 2.24) is 9.55 Å². The average molecular weight is 307 g/mol. The first kappa shape index (κ1) is 14.7. The van der Waals surface area contributed by atoms with Crippen molar-refractivity contribution in [2.45, 2.75) is 52.0 Å². The number of ether oxygens (including phenoxy) is 1. The minimum atomic E-state index is -0.0977. The zero-order valence-electron chi connectivity index (χ0n) is 13.0. The highest BCUT2D eigenvalue weighted by Crippen LogP contribution is 2.51. The van der Waals surface area contributed by atoms with Gasteiger partial charge < -0.3 is 9.30 Å². The van der Waals surface area contributed by atoms with E-state index in [1.807, 2.05) is 26.0 Å². The van der Waals surface area contributed by atoms with Crippen molar-refractivity contribution in [1.29, 1.82) is 0 Å². The van der Waals surface area contributed by atoms with Gasteiger partial charge in [-0.15, -0.1) is 11.6 Å². The van der Waals surface area contributed by atoms with Crippen LogP contribution >= 0.6 is 11.6 Å². The molecule has 0 amide bonds. The third-order valence-corrected chi connectivity index (χ3v) is 4.82. The van der Waals surface area contributed by atoms with E-state index in [-0.39, 0.29) is 5.38 Å². The fraction of sp³-hybridized carbons (Fsp3) is 0.588. The third kappa shape index (κ3) is 2.64. The van der Waals surface area contributed by atoms with Gasteiger partial charge in [-0.2, -0.15) is 0 Å². The number of benzene rings is 1. The molecule has 3 nitrogen and oxygen atoms in total. The number of hydrogen-bond donors (Lipinski definition) is 0. The van der Waals surface area contributed by atoms with Crippen molar-refractivity contribution in [2.75, 3.05) is 6.61 Å². The number of hydrogen-bond acceptors (Lipinski definition) is 2. The molecule has 1 heterocycles. The van der Waals surface area contributed by atoms with Crippen molar-refractivity contribution in [3.05, 3.63) is 24.0 Å². The second-order valence-corrected chi connectivity index (χ2v) is 6.74. The van der Waals surface area contributed by atoms with Gasteiger partial charge in [-0.25, -0.2) is 4.98 Å². The highest BCUT2D eigenvalue weighted by atomic mass is 35.5. The third-order valence-electron chi connectivity index (χ3n) is 4.63. The topological polar surface area (TPSA) is 27.1 Å². The number of halogens is 1. The zero-order chi connectivity index (χ0) is 15.0. The van der Waals surface area contributed by atoms with E-state index in [1.165, 1.54) is 19.3 Å². The lowest BCUT2D eigenvalue weighted by Gasteiger charge is -2.17. The van der Waals surface area contributed by atoms with Crippen LogP contribution in [0.15, 0.2) is 18.2 Å². The van der Waals surface area contributed by atoms with Gasteiger partial charge in [0.1, 0.15) is 17.1 Å². The van der Waals surface area contributed by atoms with Crippen LogP contribution < -0.4 is 4.74 Å². The van der Waals surface area contributed by atoms with E-state index in [0.29, 0.717) is 12.0 Å². The molecule has 1 aliphatic carbocycles. The molecule has 1 fully saturated rings. The smallest absolute Gasteiger partial charge is 0.147 e. The SMILES string of the molecule is CCOc1cccc2c1nc(C(C)Cl)n2CC1(CC)CC1. The highest BCUT2D eigenvalue weighted by Gasteiger charge is 2.41. The molecule has 1 unspecified atom stereocenters. The summed E-state index contributed by atoms with van der Waals surface area (Å²) in [6, 6.07) is 6.15. The molecule has 0 aliphatic heterocycles. The molecule has 1 aromatic carbocycles. The van der Waals surface area contributed by atoms with Gasteiger partial charge in [0.15, 0.2) is 0 Å². The van der Waals surface area contributed by atoms with Crippen LogP contribution in [0.3, 0.4) is 0 Å². The highest BCUT2D eigenvalue weighted by molar-refractivity contribution is 6.20. The van der Waals surface area contributed by atoms with Gasteiger partial charge in [0, 0.05) is 6.54 Å². The maximum atomic E-state index is 6.38. The van der Waals surface area contributed by atoms with E-state index in [2.05, 4.69) is 17.6 Å². The Morgan fingerprint density at radius 3 is 2.71 bits per heavy atom. The first-order valence-corrected chi connectivity index (χ1v) is 8.30. The molecule has 0 N–H and O–H groups in total. The Kier molecular flexibility index (Phi) is 3.87. The first-order valence-electron chi connectivity index (χ1n) is 7.86. The summed E-state index contributed by atoms with van der Waals surface area (Å²) in [4.78, 5) is 4.78. The van der Waals surface area contributed by atoms with E-state index in [4.69, 9.17) is 21.3 Å². The van der Waals surface area contributed by atoms with Crippen LogP contribution in [0.4, 0.5) is 0 Å². The fourth-order valence-corrected chi connectivity index (χ4v) is 3.18. The standard InChI is InChI=1S/C17H23ClN2O/c1-4-17(9-10-17)11-20-13-7-6-8-14(21-5-2)15(13)19-16(20)12(3)18/h6-8,12H,4-5,9-11H2,1-3H3. The predicted molar refractivity (Wildman–Crippen MR) is 87.1 cm³/mol. The maximum absolute atomic E-state index is 6.38. The largest absolute Gasteiger partial charge is 0.492 e. The number of aromatic nitrogens is 2. The van der Waals surface area contributed by atoms with Crippen molar-refractivity contribution in [3.63, 3.8) is 0 Å². The Morgan fingerprint density at radius 1 is 1.38 bits per heavy atom. The molecule has 1 aliphatic rings. The summed E-state index contributed by atoms with van der Waals surface area (Å²) in [5, 5.41) is -0.0977. The van der Waals surface area contributed by atoms with Gasteiger partial charge >= 0.3 is 0 Å². The minimum absolute atomic E-state index is 0.0977. The Balaban J connectivity index is 2.11. The quantitative estimate of drug-likeness (QED) is 0.708. The number of fused-ring (bicyclic) bond motifs is 1. The summed E-state index contributed by atoms with van der Waals surface area (Å²) in [5.41, 5.74) is 2.53. The summed E-state index contributed by atoms with van der Waals surface area (Å²) < 4.78 is 8.03. The van der Waals surface area contributed by atoms with E-state index in [0.717, 1.165) is 29.2 Å². The van der Waals surface area contributed by atoms with Crippen LogP contribution in [0.1, 0.15) is 51.2 Å². The molecular weight excluding hydrogens is 284 g/mol. The lowest BCUT2D eigenvalue weighted by molar-refractivity contribution is 0.343. The van der Waals surface area contributed by atoms with Gasteiger partial charge in [0.25, 0.3) is 0 Å². The van der Waals surface area contributed by atoms with E-state index >= 15 is 0 Å². The predicted octanol–water partition coefficient (Wildman–Crippen LogP) is 4.93. The van der Waals surface area contributed by atoms with E-state index in [9.17, 15) is 0 Å². The van der Waals surface area contributed by atoms with Gasteiger partial charge in [-0.1, -0.05) is 13.0 Å². The maximum Gasteiger partial charge on any atom is 0.147 e. The van der Waals surface area contributed by atoms with Crippen molar-refractivity contribution >= 4 is 22.6 Å². The molecule has 3 rings (SSSR count). The van der Waals surface area contributed by atoms with Gasteiger partial charge in [-0.05, 0) is 50.7 Å². The summed E-state index contributed by atoms with van der Waals surface area (Å²) in [6.45, 7) is 7.93. The second-order valence-electron chi connectivity index (χ2n) is 6.08. The summed E-state index contributed by atoms with van der Waals surface area (Å²) in [6.07, 6.45) is 3.84. The molecule has 1 saturated carbocycles. The first-order chi connectivity index (χ1) is 10.1. The van der Waals surface area contributed by atoms with Crippen LogP contribution in [0.2, 0.25) is 0 Å². The van der Waals surface area contributed by atoms with E-state index < -0.39 is 0 Å².